The zero-order valence-corrected chi connectivity index (χ0v) is 12.8. The largest absolute Gasteiger partial charge is 0.493 e. The SMILES string of the molecule is COc1ccc(/C=N/O)cc1OCc1cccc2ccccc12. The summed E-state index contributed by atoms with van der Waals surface area (Å²) in [6.45, 7) is 0.428. The summed E-state index contributed by atoms with van der Waals surface area (Å²) in [4.78, 5) is 0. The molecule has 0 heterocycles. The van der Waals surface area contributed by atoms with Crippen LogP contribution in [0.2, 0.25) is 0 Å². The molecule has 0 aromatic heterocycles. The molecular weight excluding hydrogens is 290 g/mol. The summed E-state index contributed by atoms with van der Waals surface area (Å²) >= 11 is 0. The molecule has 0 saturated carbocycles. The average Bonchev–Trinajstić information content (AvgIpc) is 2.60. The van der Waals surface area contributed by atoms with E-state index < -0.39 is 0 Å². The van der Waals surface area contributed by atoms with Gasteiger partial charge in [-0.15, -0.1) is 0 Å². The summed E-state index contributed by atoms with van der Waals surface area (Å²) in [5.41, 5.74) is 1.84. The van der Waals surface area contributed by atoms with E-state index in [4.69, 9.17) is 14.7 Å². The van der Waals surface area contributed by atoms with E-state index in [1.54, 1.807) is 25.3 Å². The molecule has 3 aromatic carbocycles. The van der Waals surface area contributed by atoms with Crippen LogP contribution in [0.5, 0.6) is 11.5 Å². The molecule has 0 aliphatic carbocycles. The first-order chi connectivity index (χ1) is 11.3. The van der Waals surface area contributed by atoms with Crippen molar-refractivity contribution in [2.45, 2.75) is 6.61 Å². The second-order valence-electron chi connectivity index (χ2n) is 5.08. The van der Waals surface area contributed by atoms with Crippen LogP contribution in [0.4, 0.5) is 0 Å². The molecule has 23 heavy (non-hydrogen) atoms. The molecule has 0 radical (unpaired) electrons. The van der Waals surface area contributed by atoms with Crippen molar-refractivity contribution >= 4 is 17.0 Å². The van der Waals surface area contributed by atoms with Gasteiger partial charge >= 0.3 is 0 Å². The first kappa shape index (κ1) is 14.9. The lowest BCUT2D eigenvalue weighted by Gasteiger charge is -2.12. The monoisotopic (exact) mass is 307 g/mol. The predicted molar refractivity (Wildman–Crippen MR) is 90.7 cm³/mol. The molecule has 3 rings (SSSR count). The third-order valence-electron chi connectivity index (χ3n) is 3.66. The number of methoxy groups -OCH3 is 1. The molecule has 4 nitrogen and oxygen atoms in total. The molecule has 0 spiro atoms. The number of fused-ring (bicyclic) bond motifs is 1. The van der Waals surface area contributed by atoms with Gasteiger partial charge in [-0.25, -0.2) is 0 Å². The molecule has 0 aliphatic rings. The molecular formula is C19H17NO3. The quantitative estimate of drug-likeness (QED) is 0.436. The minimum atomic E-state index is 0.428. The molecule has 116 valence electrons. The topological polar surface area (TPSA) is 51.0 Å². The van der Waals surface area contributed by atoms with E-state index in [1.807, 2.05) is 24.3 Å². The van der Waals surface area contributed by atoms with Gasteiger partial charge in [-0.2, -0.15) is 0 Å². The van der Waals surface area contributed by atoms with Crippen molar-refractivity contribution in [3.05, 3.63) is 71.8 Å². The Morgan fingerprint density at radius 3 is 2.65 bits per heavy atom. The molecule has 3 aromatic rings. The summed E-state index contributed by atoms with van der Waals surface area (Å²) < 4.78 is 11.3. The molecule has 0 atom stereocenters. The lowest BCUT2D eigenvalue weighted by Crippen LogP contribution is -1.99. The van der Waals surface area contributed by atoms with Crippen LogP contribution < -0.4 is 9.47 Å². The maximum atomic E-state index is 8.66. The van der Waals surface area contributed by atoms with Crippen molar-refractivity contribution < 1.29 is 14.7 Å². The highest BCUT2D eigenvalue weighted by atomic mass is 16.5. The lowest BCUT2D eigenvalue weighted by atomic mass is 10.1. The highest BCUT2D eigenvalue weighted by Gasteiger charge is 2.07. The minimum Gasteiger partial charge on any atom is -0.493 e. The number of nitrogens with zero attached hydrogens (tertiary/aromatic N) is 1. The Morgan fingerprint density at radius 1 is 1.00 bits per heavy atom. The second kappa shape index (κ2) is 6.83. The number of hydrogen-bond acceptors (Lipinski definition) is 4. The van der Waals surface area contributed by atoms with Crippen LogP contribution in [0, 0.1) is 0 Å². The molecule has 4 heteroatoms. The van der Waals surface area contributed by atoms with E-state index in [-0.39, 0.29) is 0 Å². The molecule has 0 amide bonds. The van der Waals surface area contributed by atoms with Crippen LogP contribution in [-0.4, -0.2) is 18.5 Å². The van der Waals surface area contributed by atoms with Gasteiger partial charge in [0.1, 0.15) is 6.61 Å². The Hall–Kier alpha value is -3.01. The van der Waals surface area contributed by atoms with Crippen molar-refractivity contribution in [1.29, 1.82) is 0 Å². The number of oxime groups is 1. The number of hydrogen-bond donors (Lipinski definition) is 1. The van der Waals surface area contributed by atoms with E-state index in [2.05, 4.69) is 23.4 Å². The van der Waals surface area contributed by atoms with Crippen LogP contribution in [0.25, 0.3) is 10.8 Å². The second-order valence-corrected chi connectivity index (χ2v) is 5.08. The fourth-order valence-electron chi connectivity index (χ4n) is 2.53. The molecule has 1 N–H and O–H groups in total. The van der Waals surface area contributed by atoms with Crippen LogP contribution >= 0.6 is 0 Å². The minimum absolute atomic E-state index is 0.428. The fourth-order valence-corrected chi connectivity index (χ4v) is 2.53. The summed E-state index contributed by atoms with van der Waals surface area (Å²) in [7, 11) is 1.60. The number of rotatable bonds is 5. The van der Waals surface area contributed by atoms with Crippen molar-refractivity contribution in [2.75, 3.05) is 7.11 Å². The van der Waals surface area contributed by atoms with Crippen molar-refractivity contribution in [3.63, 3.8) is 0 Å². The van der Waals surface area contributed by atoms with Gasteiger partial charge in [0.05, 0.1) is 13.3 Å². The zero-order chi connectivity index (χ0) is 16.1. The normalized spacial score (nSPS) is 11.0. The summed E-state index contributed by atoms with van der Waals surface area (Å²) in [6.07, 6.45) is 1.35. The molecule has 0 saturated heterocycles. The van der Waals surface area contributed by atoms with E-state index in [0.29, 0.717) is 18.1 Å². The Kier molecular flexibility index (Phi) is 4.43. The Bertz CT molecular complexity index is 838. The third kappa shape index (κ3) is 3.26. The van der Waals surface area contributed by atoms with Crippen molar-refractivity contribution in [1.82, 2.24) is 0 Å². The van der Waals surface area contributed by atoms with Gasteiger partial charge in [-0.3, -0.25) is 0 Å². The molecule has 0 unspecified atom stereocenters. The average molecular weight is 307 g/mol. The zero-order valence-electron chi connectivity index (χ0n) is 12.8. The maximum Gasteiger partial charge on any atom is 0.162 e. The van der Waals surface area contributed by atoms with Gasteiger partial charge in [0.2, 0.25) is 0 Å². The van der Waals surface area contributed by atoms with E-state index >= 15 is 0 Å². The third-order valence-corrected chi connectivity index (χ3v) is 3.66. The fraction of sp³-hybridized carbons (Fsp3) is 0.105. The van der Waals surface area contributed by atoms with E-state index in [1.165, 1.54) is 17.0 Å². The van der Waals surface area contributed by atoms with Crippen molar-refractivity contribution in [3.8, 4) is 11.5 Å². The summed E-state index contributed by atoms with van der Waals surface area (Å²) in [5.74, 6) is 1.25. The van der Waals surface area contributed by atoms with E-state index in [0.717, 1.165) is 11.1 Å². The van der Waals surface area contributed by atoms with Crippen LogP contribution in [0.1, 0.15) is 11.1 Å². The van der Waals surface area contributed by atoms with Crippen molar-refractivity contribution in [2.24, 2.45) is 5.16 Å². The summed E-state index contributed by atoms with van der Waals surface area (Å²) in [5, 5.41) is 14.1. The highest BCUT2D eigenvalue weighted by molar-refractivity contribution is 5.85. The van der Waals surface area contributed by atoms with Gasteiger partial charge in [-0.1, -0.05) is 47.6 Å². The summed E-state index contributed by atoms with van der Waals surface area (Å²) in [6, 6.07) is 19.7. The van der Waals surface area contributed by atoms with E-state index in [9.17, 15) is 0 Å². The Balaban J connectivity index is 1.88. The first-order valence-electron chi connectivity index (χ1n) is 7.27. The number of benzene rings is 3. The lowest BCUT2D eigenvalue weighted by molar-refractivity contribution is 0.285. The first-order valence-corrected chi connectivity index (χ1v) is 7.27. The van der Waals surface area contributed by atoms with Gasteiger partial charge < -0.3 is 14.7 Å². The Labute approximate surface area is 134 Å². The molecule has 0 bridgehead atoms. The number of ether oxygens (including phenoxy) is 2. The van der Waals surface area contributed by atoms with Crippen LogP contribution in [0.15, 0.2) is 65.8 Å². The highest BCUT2D eigenvalue weighted by Crippen LogP contribution is 2.29. The Morgan fingerprint density at radius 2 is 1.83 bits per heavy atom. The van der Waals surface area contributed by atoms with Gasteiger partial charge in [-0.05, 0) is 34.5 Å². The standard InChI is InChI=1S/C19H17NO3/c1-22-18-10-9-14(12-20-21)11-19(18)23-13-16-7-4-6-15-5-2-3-8-17(15)16/h2-12,21H,13H2,1H3/b20-12+. The van der Waals surface area contributed by atoms with Gasteiger partial charge in [0.15, 0.2) is 11.5 Å². The van der Waals surface area contributed by atoms with Gasteiger partial charge in [0.25, 0.3) is 0 Å². The van der Waals surface area contributed by atoms with Crippen LogP contribution in [-0.2, 0) is 6.61 Å². The maximum absolute atomic E-state index is 8.66. The smallest absolute Gasteiger partial charge is 0.162 e. The molecule has 0 fully saturated rings. The van der Waals surface area contributed by atoms with Crippen LogP contribution in [0.3, 0.4) is 0 Å². The van der Waals surface area contributed by atoms with Gasteiger partial charge in [0, 0.05) is 5.56 Å². The molecule has 0 aliphatic heterocycles. The predicted octanol–water partition coefficient (Wildman–Crippen LogP) is 4.24.